The van der Waals surface area contributed by atoms with Gasteiger partial charge in [0.05, 0.1) is 11.5 Å². The molecule has 0 fully saturated rings. The lowest BCUT2D eigenvalue weighted by Gasteiger charge is -2.02. The molecule has 3 rings (SSSR count). The zero-order valence-electron chi connectivity index (χ0n) is 13.5. The third-order valence-electron chi connectivity index (χ3n) is 4.03. The molecule has 3 aromatic rings. The molecule has 0 unspecified atom stereocenters. The van der Waals surface area contributed by atoms with Gasteiger partial charge >= 0.3 is 5.95 Å². The van der Waals surface area contributed by atoms with Crippen LogP contribution in [0.15, 0.2) is 61.2 Å². The second-order valence-corrected chi connectivity index (χ2v) is 5.56. The molecule has 2 aromatic carbocycles. The van der Waals surface area contributed by atoms with Crippen LogP contribution in [0.2, 0.25) is 0 Å². The second kappa shape index (κ2) is 6.56. The third-order valence-corrected chi connectivity index (χ3v) is 4.03. The van der Waals surface area contributed by atoms with Crippen molar-refractivity contribution in [1.82, 2.24) is 4.57 Å². The van der Waals surface area contributed by atoms with Gasteiger partial charge in [0.25, 0.3) is 5.69 Å². The molecule has 0 bridgehead atoms. The maximum Gasteiger partial charge on any atom is 0.356 e. The summed E-state index contributed by atoms with van der Waals surface area (Å²) in [5.74, 6) is 0.282. The molecule has 1 heterocycles. The molecule has 25 heavy (non-hydrogen) atoms. The van der Waals surface area contributed by atoms with E-state index in [0.717, 1.165) is 11.0 Å². The first kappa shape index (κ1) is 16.4. The highest BCUT2D eigenvalue weighted by atomic mass is 16.6. The zero-order valence-corrected chi connectivity index (χ0v) is 13.5. The number of hydrogen-bond donors (Lipinski definition) is 1. The predicted molar refractivity (Wildman–Crippen MR) is 94.2 cm³/mol. The number of carbonyl (C=O) groups excluding carboxylic acids is 1. The molecule has 2 N–H and O–H groups in total. The van der Waals surface area contributed by atoms with Crippen LogP contribution >= 0.6 is 0 Å². The van der Waals surface area contributed by atoms with Crippen molar-refractivity contribution in [3.05, 3.63) is 76.9 Å². The number of anilines is 1. The van der Waals surface area contributed by atoms with Crippen molar-refractivity contribution in [2.24, 2.45) is 0 Å². The molecule has 0 saturated heterocycles. The molecule has 0 saturated carbocycles. The highest BCUT2D eigenvalue weighted by Gasteiger charge is 2.22. The van der Waals surface area contributed by atoms with Crippen LogP contribution < -0.4 is 10.3 Å². The van der Waals surface area contributed by atoms with Gasteiger partial charge in [-0.25, -0.2) is 9.13 Å². The number of non-ortho nitro benzene ring substituents is 1. The maximum absolute atomic E-state index is 12.6. The van der Waals surface area contributed by atoms with Crippen molar-refractivity contribution < 1.29 is 14.3 Å². The lowest BCUT2D eigenvalue weighted by molar-refractivity contribution is -0.642. The van der Waals surface area contributed by atoms with Gasteiger partial charge in [0.2, 0.25) is 0 Å². The average molecular weight is 337 g/mol. The summed E-state index contributed by atoms with van der Waals surface area (Å²) in [4.78, 5) is 22.8. The Hall–Kier alpha value is -3.48. The molecule has 0 spiro atoms. The number of nitrogens with zero attached hydrogens (tertiary/aromatic N) is 3. The van der Waals surface area contributed by atoms with Crippen LogP contribution in [0, 0.1) is 10.1 Å². The molecule has 1 aromatic heterocycles. The van der Waals surface area contributed by atoms with Crippen LogP contribution in [0.5, 0.6) is 0 Å². The molecule has 7 nitrogen and oxygen atoms in total. The smallest absolute Gasteiger partial charge is 0.291 e. The van der Waals surface area contributed by atoms with E-state index in [1.165, 1.54) is 24.3 Å². The van der Waals surface area contributed by atoms with Gasteiger partial charge < -0.3 is 0 Å². The molecular formula is C18H17N4O3+. The van der Waals surface area contributed by atoms with Gasteiger partial charge in [-0.1, -0.05) is 24.8 Å². The lowest BCUT2D eigenvalue weighted by Crippen LogP contribution is -2.40. The number of nitrogen functional groups attached to an aromatic ring is 1. The first-order valence-electron chi connectivity index (χ1n) is 7.68. The number of nitrogens with two attached hydrogens (primary N) is 1. The number of hydrogen-bond acceptors (Lipinski definition) is 4. The minimum Gasteiger partial charge on any atom is -0.291 e. The van der Waals surface area contributed by atoms with E-state index in [9.17, 15) is 14.9 Å². The van der Waals surface area contributed by atoms with E-state index in [1.54, 1.807) is 10.6 Å². The van der Waals surface area contributed by atoms with Crippen molar-refractivity contribution >= 4 is 28.5 Å². The summed E-state index contributed by atoms with van der Waals surface area (Å²) in [6, 6.07) is 13.2. The number of nitro benzene ring substituents is 1. The summed E-state index contributed by atoms with van der Waals surface area (Å²) in [6.45, 7) is 4.32. The Morgan fingerprint density at radius 3 is 2.56 bits per heavy atom. The minimum absolute atomic E-state index is 0.0497. The third kappa shape index (κ3) is 2.99. The average Bonchev–Trinajstić information content (AvgIpc) is 2.88. The number of fused-ring (bicyclic) bond motifs is 1. The highest BCUT2D eigenvalue weighted by Crippen LogP contribution is 2.17. The van der Waals surface area contributed by atoms with E-state index >= 15 is 0 Å². The molecule has 0 amide bonds. The quantitative estimate of drug-likeness (QED) is 0.246. The van der Waals surface area contributed by atoms with Gasteiger partial charge in [-0.3, -0.25) is 20.6 Å². The number of benzene rings is 2. The van der Waals surface area contributed by atoms with Crippen LogP contribution in [0.1, 0.15) is 10.4 Å². The van der Waals surface area contributed by atoms with E-state index in [1.807, 2.05) is 28.8 Å². The number of Topliss-reactive ketones (excluding diaryl/α,β-unsaturated/α-hetero) is 1. The van der Waals surface area contributed by atoms with Crippen molar-refractivity contribution in [2.75, 3.05) is 5.73 Å². The van der Waals surface area contributed by atoms with Crippen molar-refractivity contribution in [3.8, 4) is 0 Å². The SMILES string of the molecule is C=CCn1c(N)[n+](CC(=O)c2ccc([N+](=O)[O-])cc2)c2ccccc21. The first-order valence-corrected chi connectivity index (χ1v) is 7.68. The van der Waals surface area contributed by atoms with Crippen LogP contribution in [0.3, 0.4) is 0 Å². The number of aromatic nitrogens is 2. The normalized spacial score (nSPS) is 10.7. The van der Waals surface area contributed by atoms with Gasteiger partial charge in [0, 0.05) is 17.7 Å². The minimum atomic E-state index is -0.496. The van der Waals surface area contributed by atoms with E-state index in [-0.39, 0.29) is 18.0 Å². The maximum atomic E-state index is 12.6. The summed E-state index contributed by atoms with van der Waals surface area (Å²) < 4.78 is 3.62. The Bertz CT molecular complexity index is 974. The number of ketones is 1. The molecule has 0 aliphatic heterocycles. The Morgan fingerprint density at radius 2 is 1.92 bits per heavy atom. The van der Waals surface area contributed by atoms with Crippen molar-refractivity contribution in [3.63, 3.8) is 0 Å². The summed E-state index contributed by atoms with van der Waals surface area (Å²) in [5, 5.41) is 10.7. The number of imidazole rings is 1. The van der Waals surface area contributed by atoms with E-state index < -0.39 is 4.92 Å². The van der Waals surface area contributed by atoms with Crippen molar-refractivity contribution in [2.45, 2.75) is 13.1 Å². The van der Waals surface area contributed by atoms with E-state index in [0.29, 0.717) is 18.1 Å². The topological polar surface area (TPSA) is 95.0 Å². The summed E-state index contributed by atoms with van der Waals surface area (Å²) in [6.07, 6.45) is 1.74. The van der Waals surface area contributed by atoms with Gasteiger partial charge in [-0.2, -0.15) is 0 Å². The fourth-order valence-electron chi connectivity index (χ4n) is 2.80. The second-order valence-electron chi connectivity index (χ2n) is 5.56. The van der Waals surface area contributed by atoms with Crippen LogP contribution in [-0.4, -0.2) is 15.3 Å². The first-order chi connectivity index (χ1) is 12.0. The number of carbonyl (C=O) groups is 1. The molecule has 0 aliphatic carbocycles. The van der Waals surface area contributed by atoms with E-state index in [4.69, 9.17) is 5.73 Å². The number of allylic oxidation sites excluding steroid dienone is 1. The molecular weight excluding hydrogens is 320 g/mol. The molecule has 126 valence electrons. The van der Waals surface area contributed by atoms with Crippen LogP contribution in [-0.2, 0) is 13.1 Å². The largest absolute Gasteiger partial charge is 0.356 e. The Morgan fingerprint density at radius 1 is 1.24 bits per heavy atom. The fraction of sp³-hybridized carbons (Fsp3) is 0.111. The molecule has 0 atom stereocenters. The Labute approximate surface area is 143 Å². The predicted octanol–water partition coefficient (Wildman–Crippen LogP) is 2.49. The van der Waals surface area contributed by atoms with Crippen molar-refractivity contribution in [1.29, 1.82) is 0 Å². The fourth-order valence-corrected chi connectivity index (χ4v) is 2.80. The van der Waals surface area contributed by atoms with Gasteiger partial charge in [-0.05, 0) is 24.3 Å². The van der Waals surface area contributed by atoms with Crippen LogP contribution in [0.25, 0.3) is 11.0 Å². The Kier molecular flexibility index (Phi) is 4.30. The van der Waals surface area contributed by atoms with Gasteiger partial charge in [-0.15, -0.1) is 0 Å². The Balaban J connectivity index is 1.97. The van der Waals surface area contributed by atoms with Crippen LogP contribution in [0.4, 0.5) is 11.6 Å². The van der Waals surface area contributed by atoms with Gasteiger partial charge in [0.15, 0.2) is 5.78 Å². The highest BCUT2D eigenvalue weighted by molar-refractivity contribution is 5.95. The van der Waals surface area contributed by atoms with E-state index in [2.05, 4.69) is 6.58 Å². The summed E-state index contributed by atoms with van der Waals surface area (Å²) >= 11 is 0. The number of rotatable bonds is 6. The molecule has 0 radical (unpaired) electrons. The monoisotopic (exact) mass is 337 g/mol. The molecule has 0 aliphatic rings. The summed E-state index contributed by atoms with van der Waals surface area (Å²) in [7, 11) is 0. The molecule has 7 heteroatoms. The summed E-state index contributed by atoms with van der Waals surface area (Å²) in [5.41, 5.74) is 8.34. The standard InChI is InChI=1S/C18H16N4O3/c1-2-11-20-15-5-3-4-6-16(15)21(18(20)19)12-17(23)13-7-9-14(10-8-13)22(24)25/h2-10,19H,1,11-12H2/p+1. The number of nitro groups is 1. The zero-order chi connectivity index (χ0) is 18.0. The lowest BCUT2D eigenvalue weighted by atomic mass is 10.1. The number of para-hydroxylation sites is 2. The van der Waals surface area contributed by atoms with Gasteiger partial charge in [0.1, 0.15) is 17.6 Å².